The average molecular weight is 394 g/mol. The van der Waals surface area contributed by atoms with Crippen LogP contribution in [-0.2, 0) is 21.0 Å². The van der Waals surface area contributed by atoms with E-state index in [-0.39, 0.29) is 36.0 Å². The number of hydrogen-bond donors (Lipinski definition) is 2. The molecule has 2 N–H and O–H groups in total. The van der Waals surface area contributed by atoms with Gasteiger partial charge in [0.05, 0.1) is 17.0 Å². The molecule has 1 saturated heterocycles. The van der Waals surface area contributed by atoms with Gasteiger partial charge in [-0.05, 0) is 56.0 Å². The minimum atomic E-state index is -4.53. The number of aryl methyl sites for hydroxylation is 1. The Labute approximate surface area is 150 Å². The third kappa shape index (κ3) is 4.95. The Bertz CT molecular complexity index is 765. The van der Waals surface area contributed by atoms with Gasteiger partial charge in [-0.15, -0.1) is 0 Å². The molecule has 0 aliphatic carbocycles. The van der Waals surface area contributed by atoms with Crippen LogP contribution in [0.2, 0.25) is 0 Å². The monoisotopic (exact) mass is 394 g/mol. The van der Waals surface area contributed by atoms with E-state index in [9.17, 15) is 26.4 Å². The normalized spacial score (nSPS) is 19.5. The molecule has 1 heterocycles. The molecule has 6 nitrogen and oxygen atoms in total. The van der Waals surface area contributed by atoms with Crippen molar-refractivity contribution < 1.29 is 31.5 Å². The average Bonchev–Trinajstić information content (AvgIpc) is 2.53. The topological polar surface area (TPSA) is 86.7 Å². The van der Waals surface area contributed by atoms with Crippen molar-refractivity contribution in [2.45, 2.75) is 30.8 Å². The minimum Gasteiger partial charge on any atom is -0.480 e. The maximum atomic E-state index is 12.8. The van der Waals surface area contributed by atoms with Crippen molar-refractivity contribution in [3.05, 3.63) is 29.3 Å². The summed E-state index contributed by atoms with van der Waals surface area (Å²) in [6.45, 7) is 2.00. The molecule has 1 fully saturated rings. The molecule has 26 heavy (non-hydrogen) atoms. The molecular formula is C16H21F3N2O4S. The first-order valence-electron chi connectivity index (χ1n) is 8.12. The molecule has 0 radical (unpaired) electrons. The molecule has 146 valence electrons. The molecule has 1 unspecified atom stereocenters. The van der Waals surface area contributed by atoms with E-state index in [2.05, 4.69) is 5.32 Å². The van der Waals surface area contributed by atoms with Crippen LogP contribution >= 0.6 is 0 Å². The van der Waals surface area contributed by atoms with E-state index in [1.165, 1.54) is 11.2 Å². The molecule has 1 atom stereocenters. The number of carboxylic acid groups (broad SMARTS) is 1. The van der Waals surface area contributed by atoms with Crippen LogP contribution in [0.3, 0.4) is 0 Å². The summed E-state index contributed by atoms with van der Waals surface area (Å²) in [5.74, 6) is -1.04. The van der Waals surface area contributed by atoms with Gasteiger partial charge in [-0.3, -0.25) is 4.79 Å². The van der Waals surface area contributed by atoms with E-state index < -0.39 is 27.7 Å². The quantitative estimate of drug-likeness (QED) is 0.772. The van der Waals surface area contributed by atoms with Gasteiger partial charge in [0.2, 0.25) is 10.0 Å². The number of carbonyl (C=O) groups is 1. The molecular weight excluding hydrogens is 373 g/mol. The zero-order valence-electron chi connectivity index (χ0n) is 14.2. The van der Waals surface area contributed by atoms with Gasteiger partial charge in [0.15, 0.2) is 0 Å². The summed E-state index contributed by atoms with van der Waals surface area (Å²) in [5, 5.41) is 11.4. The molecule has 0 bridgehead atoms. The largest absolute Gasteiger partial charge is 0.480 e. The Morgan fingerprint density at radius 2 is 2.08 bits per heavy atom. The van der Waals surface area contributed by atoms with Crippen molar-refractivity contribution >= 4 is 16.0 Å². The maximum Gasteiger partial charge on any atom is 0.416 e. The van der Waals surface area contributed by atoms with Gasteiger partial charge in [0.25, 0.3) is 0 Å². The Hall–Kier alpha value is -1.65. The summed E-state index contributed by atoms with van der Waals surface area (Å²) in [6.07, 6.45) is -3.16. The molecule has 1 aliphatic heterocycles. The van der Waals surface area contributed by atoms with Gasteiger partial charge in [-0.25, -0.2) is 8.42 Å². The molecule has 2 rings (SSSR count). The Balaban J connectivity index is 2.15. The Kier molecular flexibility index (Phi) is 6.30. The number of sulfonamides is 1. The fraction of sp³-hybridized carbons (Fsp3) is 0.562. The van der Waals surface area contributed by atoms with E-state index in [1.54, 1.807) is 0 Å². The molecule has 0 saturated carbocycles. The number of benzene rings is 1. The van der Waals surface area contributed by atoms with E-state index in [1.807, 2.05) is 0 Å². The first kappa shape index (κ1) is 20.7. The zero-order chi connectivity index (χ0) is 19.5. The van der Waals surface area contributed by atoms with Gasteiger partial charge in [0, 0.05) is 13.1 Å². The van der Waals surface area contributed by atoms with Crippen molar-refractivity contribution in [3.63, 3.8) is 0 Å². The van der Waals surface area contributed by atoms with Gasteiger partial charge < -0.3 is 10.4 Å². The second-order valence-electron chi connectivity index (χ2n) is 6.37. The van der Waals surface area contributed by atoms with Crippen molar-refractivity contribution in [1.29, 1.82) is 0 Å². The summed E-state index contributed by atoms with van der Waals surface area (Å²) in [5.41, 5.74) is -0.839. The lowest BCUT2D eigenvalue weighted by atomic mass is 10.00. The van der Waals surface area contributed by atoms with Crippen LogP contribution in [0.1, 0.15) is 24.0 Å². The standard InChI is InChI=1S/C16H21F3N2O4S/c1-11-7-13(16(17,18)19)4-5-14(11)26(24,25)21-6-2-3-12(10-21)8-20-9-15(22)23/h4-5,7,12,20H,2-3,6,8-10H2,1H3,(H,22,23). The van der Waals surface area contributed by atoms with Gasteiger partial charge in [-0.1, -0.05) is 0 Å². The van der Waals surface area contributed by atoms with E-state index in [4.69, 9.17) is 5.11 Å². The number of alkyl halides is 3. The summed E-state index contributed by atoms with van der Waals surface area (Å²) < 4.78 is 65.2. The number of aliphatic carboxylic acids is 1. The SMILES string of the molecule is Cc1cc(C(F)(F)F)ccc1S(=O)(=O)N1CCCC(CNCC(=O)O)C1. The maximum absolute atomic E-state index is 12.8. The number of nitrogens with one attached hydrogen (secondary N) is 1. The summed E-state index contributed by atoms with van der Waals surface area (Å²) >= 11 is 0. The summed E-state index contributed by atoms with van der Waals surface area (Å²) in [7, 11) is -3.91. The van der Waals surface area contributed by atoms with Gasteiger partial charge >= 0.3 is 12.1 Å². The highest BCUT2D eigenvalue weighted by atomic mass is 32.2. The predicted octanol–water partition coefficient (Wildman–Crippen LogP) is 2.09. The van der Waals surface area contributed by atoms with E-state index >= 15 is 0 Å². The highest BCUT2D eigenvalue weighted by molar-refractivity contribution is 7.89. The Morgan fingerprint density at radius 1 is 1.38 bits per heavy atom. The molecule has 0 aromatic heterocycles. The summed E-state index contributed by atoms with van der Waals surface area (Å²) in [6, 6.07) is 2.61. The highest BCUT2D eigenvalue weighted by Crippen LogP contribution is 2.32. The smallest absolute Gasteiger partial charge is 0.416 e. The molecule has 1 aromatic carbocycles. The second-order valence-corrected chi connectivity index (χ2v) is 8.28. The van der Waals surface area contributed by atoms with Crippen LogP contribution in [-0.4, -0.2) is 50.0 Å². The highest BCUT2D eigenvalue weighted by Gasteiger charge is 2.34. The van der Waals surface area contributed by atoms with Crippen LogP contribution in [0.4, 0.5) is 13.2 Å². The molecule has 0 amide bonds. The van der Waals surface area contributed by atoms with Gasteiger partial charge in [-0.2, -0.15) is 17.5 Å². The van der Waals surface area contributed by atoms with Crippen LogP contribution in [0.5, 0.6) is 0 Å². The van der Waals surface area contributed by atoms with Crippen molar-refractivity contribution in [1.82, 2.24) is 9.62 Å². The van der Waals surface area contributed by atoms with E-state index in [0.29, 0.717) is 13.0 Å². The van der Waals surface area contributed by atoms with Crippen molar-refractivity contribution in [2.75, 3.05) is 26.2 Å². The molecule has 1 aromatic rings. The number of rotatable bonds is 6. The lowest BCUT2D eigenvalue weighted by Crippen LogP contribution is -2.43. The second kappa shape index (κ2) is 7.93. The van der Waals surface area contributed by atoms with Crippen LogP contribution in [0, 0.1) is 12.8 Å². The van der Waals surface area contributed by atoms with Crippen LogP contribution in [0.25, 0.3) is 0 Å². The predicted molar refractivity (Wildman–Crippen MR) is 88.2 cm³/mol. The fourth-order valence-electron chi connectivity index (χ4n) is 3.05. The number of nitrogens with zero attached hydrogens (tertiary/aromatic N) is 1. The zero-order valence-corrected chi connectivity index (χ0v) is 15.0. The third-order valence-electron chi connectivity index (χ3n) is 4.31. The van der Waals surface area contributed by atoms with Crippen LogP contribution in [0.15, 0.2) is 23.1 Å². The first-order chi connectivity index (χ1) is 12.0. The van der Waals surface area contributed by atoms with Gasteiger partial charge in [0.1, 0.15) is 0 Å². The lowest BCUT2D eigenvalue weighted by molar-refractivity contribution is -0.138. The third-order valence-corrected chi connectivity index (χ3v) is 6.34. The Morgan fingerprint density at radius 3 is 2.65 bits per heavy atom. The minimum absolute atomic E-state index is 0.0472. The number of hydrogen-bond acceptors (Lipinski definition) is 4. The number of halogens is 3. The first-order valence-corrected chi connectivity index (χ1v) is 9.56. The van der Waals surface area contributed by atoms with Crippen molar-refractivity contribution in [2.24, 2.45) is 5.92 Å². The molecule has 10 heteroatoms. The molecule has 1 aliphatic rings. The van der Waals surface area contributed by atoms with E-state index in [0.717, 1.165) is 24.6 Å². The lowest BCUT2D eigenvalue weighted by Gasteiger charge is -2.32. The van der Waals surface area contributed by atoms with Crippen LogP contribution < -0.4 is 5.32 Å². The number of carboxylic acids is 1. The fourth-order valence-corrected chi connectivity index (χ4v) is 4.81. The van der Waals surface area contributed by atoms with Crippen molar-refractivity contribution in [3.8, 4) is 0 Å². The summed E-state index contributed by atoms with van der Waals surface area (Å²) in [4.78, 5) is 10.4. The molecule has 0 spiro atoms. The number of piperidine rings is 1.